The molecule has 1 unspecified atom stereocenters. The summed E-state index contributed by atoms with van der Waals surface area (Å²) in [5.41, 5.74) is 0. The largest absolute Gasteiger partial charge is 0.353 e. The van der Waals surface area contributed by atoms with Gasteiger partial charge in [0.1, 0.15) is 5.82 Å². The maximum absolute atomic E-state index is 4.48. The van der Waals surface area contributed by atoms with Gasteiger partial charge in [-0.05, 0) is 53.7 Å². The van der Waals surface area contributed by atoms with Crippen molar-refractivity contribution in [3.63, 3.8) is 0 Å². The van der Waals surface area contributed by atoms with E-state index in [1.54, 1.807) is 0 Å². The standard InChI is InChI=1S/C12H17BrN2/c1-2-10-6-3-4-9-15(10)12-11(13)7-5-8-14-12/h5,7-8,10H,2-4,6,9H2,1H3. The van der Waals surface area contributed by atoms with E-state index >= 15 is 0 Å². The van der Waals surface area contributed by atoms with E-state index in [0.29, 0.717) is 6.04 Å². The Morgan fingerprint density at radius 3 is 3.13 bits per heavy atom. The number of nitrogens with zero attached hydrogens (tertiary/aromatic N) is 2. The van der Waals surface area contributed by atoms with Gasteiger partial charge in [0.05, 0.1) is 4.47 Å². The number of piperidine rings is 1. The molecular weight excluding hydrogens is 252 g/mol. The van der Waals surface area contributed by atoms with Crippen molar-refractivity contribution in [3.8, 4) is 0 Å². The summed E-state index contributed by atoms with van der Waals surface area (Å²) < 4.78 is 1.12. The van der Waals surface area contributed by atoms with Gasteiger partial charge in [0.2, 0.25) is 0 Å². The van der Waals surface area contributed by atoms with Crippen LogP contribution in [0.15, 0.2) is 22.8 Å². The van der Waals surface area contributed by atoms with Crippen molar-refractivity contribution in [3.05, 3.63) is 22.8 Å². The van der Waals surface area contributed by atoms with Gasteiger partial charge in [-0.25, -0.2) is 4.98 Å². The van der Waals surface area contributed by atoms with Gasteiger partial charge < -0.3 is 4.90 Å². The summed E-state index contributed by atoms with van der Waals surface area (Å²) in [7, 11) is 0. The molecular formula is C12H17BrN2. The van der Waals surface area contributed by atoms with Gasteiger partial charge in [-0.1, -0.05) is 6.92 Å². The highest BCUT2D eigenvalue weighted by Gasteiger charge is 2.23. The zero-order valence-corrected chi connectivity index (χ0v) is 10.7. The zero-order chi connectivity index (χ0) is 10.7. The lowest BCUT2D eigenvalue weighted by atomic mass is 10.00. The van der Waals surface area contributed by atoms with Crippen LogP contribution in [0.25, 0.3) is 0 Å². The second-order valence-electron chi connectivity index (χ2n) is 4.06. The summed E-state index contributed by atoms with van der Waals surface area (Å²) in [5, 5.41) is 0. The number of rotatable bonds is 2. The first-order valence-corrected chi connectivity index (χ1v) is 6.49. The maximum atomic E-state index is 4.48. The number of aromatic nitrogens is 1. The van der Waals surface area contributed by atoms with Crippen molar-refractivity contribution in [2.24, 2.45) is 0 Å². The third-order valence-electron chi connectivity index (χ3n) is 3.11. The van der Waals surface area contributed by atoms with Crippen molar-refractivity contribution < 1.29 is 0 Å². The SMILES string of the molecule is CCC1CCCCN1c1ncccc1Br. The Morgan fingerprint density at radius 2 is 2.40 bits per heavy atom. The fourth-order valence-corrected chi connectivity index (χ4v) is 2.78. The van der Waals surface area contributed by atoms with E-state index in [0.717, 1.165) is 16.8 Å². The van der Waals surface area contributed by atoms with Gasteiger partial charge in [-0.2, -0.15) is 0 Å². The van der Waals surface area contributed by atoms with E-state index in [1.807, 2.05) is 12.3 Å². The molecule has 15 heavy (non-hydrogen) atoms. The molecule has 1 aliphatic heterocycles. The number of anilines is 1. The number of halogens is 1. The molecule has 0 saturated carbocycles. The highest BCUT2D eigenvalue weighted by Crippen LogP contribution is 2.30. The Morgan fingerprint density at radius 1 is 1.53 bits per heavy atom. The zero-order valence-electron chi connectivity index (χ0n) is 9.12. The fourth-order valence-electron chi connectivity index (χ4n) is 2.29. The molecule has 0 radical (unpaired) electrons. The predicted octanol–water partition coefficient (Wildman–Crippen LogP) is 3.61. The third kappa shape index (κ3) is 2.33. The lowest BCUT2D eigenvalue weighted by Crippen LogP contribution is -2.39. The van der Waals surface area contributed by atoms with Crippen LogP contribution < -0.4 is 4.90 Å². The van der Waals surface area contributed by atoms with E-state index < -0.39 is 0 Å². The Balaban J connectivity index is 2.24. The minimum atomic E-state index is 0.671. The lowest BCUT2D eigenvalue weighted by Gasteiger charge is -2.36. The summed E-state index contributed by atoms with van der Waals surface area (Å²) in [6.07, 6.45) is 7.04. The predicted molar refractivity (Wildman–Crippen MR) is 67.2 cm³/mol. The highest BCUT2D eigenvalue weighted by atomic mass is 79.9. The molecule has 3 heteroatoms. The topological polar surface area (TPSA) is 16.1 Å². The molecule has 82 valence electrons. The summed E-state index contributed by atoms with van der Waals surface area (Å²) in [5.74, 6) is 1.11. The van der Waals surface area contributed by atoms with Gasteiger partial charge in [0, 0.05) is 18.8 Å². The monoisotopic (exact) mass is 268 g/mol. The van der Waals surface area contributed by atoms with Crippen LogP contribution in [0.4, 0.5) is 5.82 Å². The number of hydrogen-bond acceptors (Lipinski definition) is 2. The quantitative estimate of drug-likeness (QED) is 0.815. The van der Waals surface area contributed by atoms with Crippen molar-refractivity contribution in [1.29, 1.82) is 0 Å². The Hall–Kier alpha value is -0.570. The second-order valence-corrected chi connectivity index (χ2v) is 4.91. The first-order chi connectivity index (χ1) is 7.33. The van der Waals surface area contributed by atoms with Crippen LogP contribution in [0.5, 0.6) is 0 Å². The van der Waals surface area contributed by atoms with E-state index in [9.17, 15) is 0 Å². The summed E-state index contributed by atoms with van der Waals surface area (Å²) in [6, 6.07) is 4.72. The van der Waals surface area contributed by atoms with Crippen LogP contribution in [0.2, 0.25) is 0 Å². The summed E-state index contributed by atoms with van der Waals surface area (Å²) >= 11 is 3.58. The van der Waals surface area contributed by atoms with E-state index in [1.165, 1.54) is 25.7 Å². The fraction of sp³-hybridized carbons (Fsp3) is 0.583. The van der Waals surface area contributed by atoms with Crippen LogP contribution in [0, 0.1) is 0 Å². The smallest absolute Gasteiger partial charge is 0.143 e. The van der Waals surface area contributed by atoms with Gasteiger partial charge in [-0.15, -0.1) is 0 Å². The van der Waals surface area contributed by atoms with E-state index in [2.05, 4.69) is 38.8 Å². The minimum absolute atomic E-state index is 0.671. The Labute approximate surface area is 99.8 Å². The normalized spacial score (nSPS) is 21.7. The van der Waals surface area contributed by atoms with Gasteiger partial charge in [0.15, 0.2) is 0 Å². The van der Waals surface area contributed by atoms with Crippen molar-refractivity contribution in [1.82, 2.24) is 4.98 Å². The first-order valence-electron chi connectivity index (χ1n) is 5.70. The van der Waals surface area contributed by atoms with Crippen molar-refractivity contribution >= 4 is 21.7 Å². The lowest BCUT2D eigenvalue weighted by molar-refractivity contribution is 0.446. The molecule has 0 aliphatic carbocycles. The van der Waals surface area contributed by atoms with Crippen LogP contribution in [0.3, 0.4) is 0 Å². The van der Waals surface area contributed by atoms with E-state index in [-0.39, 0.29) is 0 Å². The number of hydrogen-bond donors (Lipinski definition) is 0. The highest BCUT2D eigenvalue weighted by molar-refractivity contribution is 9.10. The molecule has 1 aromatic heterocycles. The summed E-state index contributed by atoms with van der Waals surface area (Å²) in [4.78, 5) is 6.93. The number of pyridine rings is 1. The van der Waals surface area contributed by atoms with Crippen molar-refractivity contribution in [2.45, 2.75) is 38.6 Å². The first kappa shape index (κ1) is 10.9. The van der Waals surface area contributed by atoms with Gasteiger partial charge >= 0.3 is 0 Å². The molecule has 1 aliphatic rings. The second kappa shape index (κ2) is 4.97. The average molecular weight is 269 g/mol. The van der Waals surface area contributed by atoms with Gasteiger partial charge in [-0.3, -0.25) is 0 Å². The molecule has 2 heterocycles. The average Bonchev–Trinajstić information content (AvgIpc) is 2.30. The molecule has 0 bridgehead atoms. The third-order valence-corrected chi connectivity index (χ3v) is 3.73. The molecule has 2 nitrogen and oxygen atoms in total. The molecule has 0 aromatic carbocycles. The van der Waals surface area contributed by atoms with E-state index in [4.69, 9.17) is 0 Å². The van der Waals surface area contributed by atoms with Crippen LogP contribution in [-0.4, -0.2) is 17.6 Å². The Kier molecular flexibility index (Phi) is 3.62. The van der Waals surface area contributed by atoms with Crippen molar-refractivity contribution in [2.75, 3.05) is 11.4 Å². The molecule has 1 aromatic rings. The molecule has 0 amide bonds. The molecule has 2 rings (SSSR count). The van der Waals surface area contributed by atoms with Crippen LogP contribution in [-0.2, 0) is 0 Å². The summed E-state index contributed by atoms with van der Waals surface area (Å²) in [6.45, 7) is 3.41. The minimum Gasteiger partial charge on any atom is -0.353 e. The Bertz CT molecular complexity index is 327. The molecule has 1 atom stereocenters. The molecule has 0 spiro atoms. The molecule has 0 N–H and O–H groups in total. The van der Waals surface area contributed by atoms with Crippen LogP contribution in [0.1, 0.15) is 32.6 Å². The molecule has 1 saturated heterocycles. The van der Waals surface area contributed by atoms with Gasteiger partial charge in [0.25, 0.3) is 0 Å². The van der Waals surface area contributed by atoms with Crippen LogP contribution >= 0.6 is 15.9 Å². The maximum Gasteiger partial charge on any atom is 0.143 e. The molecule has 1 fully saturated rings.